The molecule has 0 bridgehead atoms. The maximum atomic E-state index is 11.6. The Kier molecular flexibility index (Phi) is 8.05. The van der Waals surface area contributed by atoms with E-state index in [1.54, 1.807) is 0 Å². The number of nitrogens with one attached hydrogen (secondary N) is 1. The van der Waals surface area contributed by atoms with Crippen molar-refractivity contribution in [1.82, 2.24) is 4.72 Å². The SMILES string of the molecule is COC(=O)CCCS(=O)(=O)NC(=O)CSCC1CCCO1. The molecule has 1 fully saturated rings. The molecule has 0 saturated carbocycles. The Labute approximate surface area is 129 Å². The van der Waals surface area contributed by atoms with Gasteiger partial charge < -0.3 is 9.47 Å². The van der Waals surface area contributed by atoms with Crippen molar-refractivity contribution in [1.29, 1.82) is 0 Å². The minimum Gasteiger partial charge on any atom is -0.469 e. The molecule has 0 aliphatic carbocycles. The minimum absolute atomic E-state index is 0.0133. The van der Waals surface area contributed by atoms with Gasteiger partial charge in [0.05, 0.1) is 24.7 Å². The molecule has 1 saturated heterocycles. The summed E-state index contributed by atoms with van der Waals surface area (Å²) >= 11 is 1.36. The zero-order chi connectivity index (χ0) is 15.7. The quantitative estimate of drug-likeness (QED) is 0.603. The van der Waals surface area contributed by atoms with Crippen LogP contribution in [0.2, 0.25) is 0 Å². The molecule has 1 rings (SSSR count). The summed E-state index contributed by atoms with van der Waals surface area (Å²) in [6.07, 6.45) is 2.32. The maximum Gasteiger partial charge on any atom is 0.305 e. The van der Waals surface area contributed by atoms with Gasteiger partial charge in [-0.1, -0.05) is 0 Å². The average molecular weight is 339 g/mol. The Morgan fingerprint density at radius 3 is 2.81 bits per heavy atom. The van der Waals surface area contributed by atoms with Gasteiger partial charge in [-0.05, 0) is 19.3 Å². The highest BCUT2D eigenvalue weighted by Crippen LogP contribution is 2.16. The van der Waals surface area contributed by atoms with Gasteiger partial charge in [0.15, 0.2) is 0 Å². The first-order valence-electron chi connectivity index (χ1n) is 6.72. The van der Waals surface area contributed by atoms with Crippen molar-refractivity contribution < 1.29 is 27.5 Å². The Balaban J connectivity index is 2.17. The highest BCUT2D eigenvalue weighted by Gasteiger charge is 2.18. The molecule has 1 aliphatic rings. The molecule has 122 valence electrons. The molecule has 0 aromatic rings. The lowest BCUT2D eigenvalue weighted by atomic mass is 10.3. The van der Waals surface area contributed by atoms with Crippen molar-refractivity contribution in [3.8, 4) is 0 Å². The third-order valence-electron chi connectivity index (χ3n) is 2.85. The average Bonchev–Trinajstić information content (AvgIpc) is 2.90. The van der Waals surface area contributed by atoms with Gasteiger partial charge in [0, 0.05) is 18.8 Å². The molecule has 1 atom stereocenters. The second-order valence-electron chi connectivity index (χ2n) is 4.67. The van der Waals surface area contributed by atoms with Crippen LogP contribution in [0.15, 0.2) is 0 Å². The summed E-state index contributed by atoms with van der Waals surface area (Å²) in [5, 5.41) is 0. The molecular formula is C12H21NO6S2. The lowest BCUT2D eigenvalue weighted by Crippen LogP contribution is -2.34. The highest BCUT2D eigenvalue weighted by molar-refractivity contribution is 8.00. The van der Waals surface area contributed by atoms with E-state index >= 15 is 0 Å². The van der Waals surface area contributed by atoms with Gasteiger partial charge in [0.2, 0.25) is 15.9 Å². The summed E-state index contributed by atoms with van der Waals surface area (Å²) < 4.78 is 35.0. The van der Waals surface area contributed by atoms with Crippen LogP contribution < -0.4 is 4.72 Å². The van der Waals surface area contributed by atoms with E-state index in [0.29, 0.717) is 5.75 Å². The van der Waals surface area contributed by atoms with Gasteiger partial charge in [0.1, 0.15) is 0 Å². The van der Waals surface area contributed by atoms with Crippen LogP contribution in [0, 0.1) is 0 Å². The van der Waals surface area contributed by atoms with Crippen LogP contribution in [0.5, 0.6) is 0 Å². The van der Waals surface area contributed by atoms with E-state index in [2.05, 4.69) is 4.74 Å². The van der Waals surface area contributed by atoms with Gasteiger partial charge >= 0.3 is 5.97 Å². The zero-order valence-corrected chi connectivity index (χ0v) is 13.6. The Hall–Kier alpha value is -0.800. The third kappa shape index (κ3) is 8.27. The van der Waals surface area contributed by atoms with E-state index in [0.717, 1.165) is 19.4 Å². The Morgan fingerprint density at radius 1 is 1.43 bits per heavy atom. The molecule has 1 unspecified atom stereocenters. The van der Waals surface area contributed by atoms with Crippen molar-refractivity contribution in [2.75, 3.05) is 31.0 Å². The summed E-state index contributed by atoms with van der Waals surface area (Å²) in [6.45, 7) is 0.756. The van der Waals surface area contributed by atoms with Crippen LogP contribution in [0.1, 0.15) is 25.7 Å². The maximum absolute atomic E-state index is 11.6. The molecule has 21 heavy (non-hydrogen) atoms. The van der Waals surface area contributed by atoms with Gasteiger partial charge in [-0.25, -0.2) is 8.42 Å². The molecule has 0 spiro atoms. The molecule has 9 heteroatoms. The van der Waals surface area contributed by atoms with Crippen molar-refractivity contribution in [2.45, 2.75) is 31.8 Å². The molecule has 1 aliphatic heterocycles. The second kappa shape index (κ2) is 9.26. The molecule has 0 aromatic heterocycles. The number of rotatable bonds is 9. The Bertz CT molecular complexity index is 445. The first-order chi connectivity index (χ1) is 9.93. The van der Waals surface area contributed by atoms with E-state index in [4.69, 9.17) is 4.74 Å². The fourth-order valence-electron chi connectivity index (χ4n) is 1.82. The number of thioether (sulfide) groups is 1. The molecule has 1 amide bonds. The van der Waals surface area contributed by atoms with Gasteiger partial charge in [-0.15, -0.1) is 11.8 Å². The van der Waals surface area contributed by atoms with Gasteiger partial charge in [0.25, 0.3) is 0 Å². The van der Waals surface area contributed by atoms with Crippen LogP contribution in [-0.4, -0.2) is 57.4 Å². The summed E-state index contributed by atoms with van der Waals surface area (Å²) in [7, 11) is -2.45. The lowest BCUT2D eigenvalue weighted by molar-refractivity contribution is -0.140. The second-order valence-corrected chi connectivity index (χ2v) is 7.55. The van der Waals surface area contributed by atoms with Crippen LogP contribution in [0.3, 0.4) is 0 Å². The predicted octanol–water partition coefficient (Wildman–Crippen LogP) is 0.298. The summed E-state index contributed by atoms with van der Waals surface area (Å²) in [6, 6.07) is 0. The van der Waals surface area contributed by atoms with E-state index in [9.17, 15) is 18.0 Å². The van der Waals surface area contributed by atoms with Crippen LogP contribution in [0.4, 0.5) is 0 Å². The standard InChI is InChI=1S/C12H21NO6S2/c1-18-12(15)5-3-7-21(16,17)13-11(14)9-20-8-10-4-2-6-19-10/h10H,2-9H2,1H3,(H,13,14). The number of hydrogen-bond donors (Lipinski definition) is 1. The number of esters is 1. The highest BCUT2D eigenvalue weighted by atomic mass is 32.2. The smallest absolute Gasteiger partial charge is 0.305 e. The Morgan fingerprint density at radius 2 is 2.19 bits per heavy atom. The summed E-state index contributed by atoms with van der Waals surface area (Å²) in [4.78, 5) is 22.4. The number of amides is 1. The van der Waals surface area contributed by atoms with Crippen molar-refractivity contribution in [3.05, 3.63) is 0 Å². The summed E-state index contributed by atoms with van der Waals surface area (Å²) in [5.41, 5.74) is 0. The lowest BCUT2D eigenvalue weighted by Gasteiger charge is -2.09. The zero-order valence-electron chi connectivity index (χ0n) is 12.0. The monoisotopic (exact) mass is 339 g/mol. The topological polar surface area (TPSA) is 98.8 Å². The van der Waals surface area contributed by atoms with E-state index < -0.39 is 21.9 Å². The molecule has 1 N–H and O–H groups in total. The number of ether oxygens (including phenoxy) is 2. The van der Waals surface area contributed by atoms with Crippen LogP contribution in [-0.2, 0) is 29.1 Å². The molecule has 1 heterocycles. The van der Waals surface area contributed by atoms with E-state index in [1.165, 1.54) is 18.9 Å². The van der Waals surface area contributed by atoms with E-state index in [1.807, 2.05) is 4.72 Å². The third-order valence-corrected chi connectivity index (χ3v) is 5.29. The largest absolute Gasteiger partial charge is 0.469 e. The number of methoxy groups -OCH3 is 1. The molecule has 0 radical (unpaired) electrons. The van der Waals surface area contributed by atoms with Gasteiger partial charge in [-0.3, -0.25) is 14.3 Å². The first-order valence-corrected chi connectivity index (χ1v) is 9.53. The van der Waals surface area contributed by atoms with Crippen molar-refractivity contribution in [3.63, 3.8) is 0 Å². The van der Waals surface area contributed by atoms with E-state index in [-0.39, 0.29) is 30.5 Å². The summed E-state index contributed by atoms with van der Waals surface area (Å²) in [5.74, 6) is -0.518. The normalized spacial score (nSPS) is 18.4. The number of sulfonamides is 1. The van der Waals surface area contributed by atoms with Crippen LogP contribution >= 0.6 is 11.8 Å². The fourth-order valence-corrected chi connectivity index (χ4v) is 3.86. The number of hydrogen-bond acceptors (Lipinski definition) is 7. The first kappa shape index (κ1) is 18.2. The van der Waals surface area contributed by atoms with Crippen LogP contribution in [0.25, 0.3) is 0 Å². The molecule has 0 aromatic carbocycles. The predicted molar refractivity (Wildman–Crippen MR) is 79.5 cm³/mol. The van der Waals surface area contributed by atoms with Gasteiger partial charge in [-0.2, -0.15) is 0 Å². The fraction of sp³-hybridized carbons (Fsp3) is 0.833. The number of carbonyl (C=O) groups excluding carboxylic acids is 2. The molecule has 7 nitrogen and oxygen atoms in total. The minimum atomic E-state index is -3.69. The molecular weight excluding hydrogens is 318 g/mol. The van der Waals surface area contributed by atoms with Crippen molar-refractivity contribution in [2.24, 2.45) is 0 Å². The van der Waals surface area contributed by atoms with Crippen molar-refractivity contribution >= 4 is 33.7 Å². The number of carbonyl (C=O) groups is 2.